The maximum atomic E-state index is 11.2. The van der Waals surface area contributed by atoms with Crippen LogP contribution < -0.4 is 5.48 Å². The molecular weight excluding hydrogens is 156 g/mol. The normalized spacial score (nSPS) is 10.4. The van der Waals surface area contributed by atoms with Crippen LogP contribution in [0.5, 0.6) is 0 Å². The summed E-state index contributed by atoms with van der Waals surface area (Å²) in [7, 11) is 1.78. The van der Waals surface area contributed by atoms with Gasteiger partial charge in [0.2, 0.25) is 5.91 Å². The molecule has 0 rings (SSSR count). The standard InChI is InChI=1S/C8H18N2O2/c1-5-12-9-6-8(11)10(4)7(2)3/h7,9H,5-6H2,1-4H3. The molecule has 0 aliphatic heterocycles. The van der Waals surface area contributed by atoms with Crippen molar-refractivity contribution in [3.8, 4) is 0 Å². The topological polar surface area (TPSA) is 41.6 Å². The van der Waals surface area contributed by atoms with Gasteiger partial charge in [-0.2, -0.15) is 5.48 Å². The number of amides is 1. The Balaban J connectivity index is 3.57. The van der Waals surface area contributed by atoms with Crippen molar-refractivity contribution < 1.29 is 9.63 Å². The predicted molar refractivity (Wildman–Crippen MR) is 47.5 cm³/mol. The molecule has 4 nitrogen and oxygen atoms in total. The Morgan fingerprint density at radius 3 is 2.58 bits per heavy atom. The number of carbonyl (C=O) groups excluding carboxylic acids is 1. The Morgan fingerprint density at radius 2 is 2.17 bits per heavy atom. The number of hydrogen-bond donors (Lipinski definition) is 1. The average Bonchev–Trinajstić information content (AvgIpc) is 2.03. The lowest BCUT2D eigenvalue weighted by Gasteiger charge is -2.21. The van der Waals surface area contributed by atoms with Crippen molar-refractivity contribution in [1.82, 2.24) is 10.4 Å². The fourth-order valence-corrected chi connectivity index (χ4v) is 0.628. The van der Waals surface area contributed by atoms with Gasteiger partial charge in [0.05, 0.1) is 6.61 Å². The van der Waals surface area contributed by atoms with Crippen LogP contribution in [0.15, 0.2) is 0 Å². The second-order valence-corrected chi connectivity index (χ2v) is 2.85. The van der Waals surface area contributed by atoms with Crippen LogP contribution >= 0.6 is 0 Å². The lowest BCUT2D eigenvalue weighted by molar-refractivity contribution is -0.133. The summed E-state index contributed by atoms with van der Waals surface area (Å²) in [4.78, 5) is 17.8. The van der Waals surface area contributed by atoms with E-state index in [0.29, 0.717) is 6.61 Å². The lowest BCUT2D eigenvalue weighted by Crippen LogP contribution is -2.39. The van der Waals surface area contributed by atoms with Crippen LogP contribution in [-0.4, -0.2) is 37.0 Å². The average molecular weight is 174 g/mol. The van der Waals surface area contributed by atoms with Gasteiger partial charge in [0.25, 0.3) is 0 Å². The molecule has 0 fully saturated rings. The fourth-order valence-electron chi connectivity index (χ4n) is 0.628. The first-order chi connectivity index (χ1) is 5.59. The lowest BCUT2D eigenvalue weighted by atomic mass is 10.3. The summed E-state index contributed by atoms with van der Waals surface area (Å²) in [5.41, 5.74) is 2.58. The third-order valence-electron chi connectivity index (χ3n) is 1.64. The Morgan fingerprint density at radius 1 is 1.58 bits per heavy atom. The van der Waals surface area contributed by atoms with Crippen LogP contribution in [0.2, 0.25) is 0 Å². The third-order valence-corrected chi connectivity index (χ3v) is 1.64. The highest BCUT2D eigenvalue weighted by molar-refractivity contribution is 5.78. The minimum Gasteiger partial charge on any atom is -0.342 e. The van der Waals surface area contributed by atoms with Gasteiger partial charge in [0, 0.05) is 13.1 Å². The molecule has 0 heterocycles. The molecule has 4 heteroatoms. The Kier molecular flexibility index (Phi) is 5.66. The minimum absolute atomic E-state index is 0.0402. The number of hydrogen-bond acceptors (Lipinski definition) is 3. The Bertz CT molecular complexity index is 137. The Labute approximate surface area is 73.8 Å². The second-order valence-electron chi connectivity index (χ2n) is 2.85. The summed E-state index contributed by atoms with van der Waals surface area (Å²) in [6.07, 6.45) is 0. The summed E-state index contributed by atoms with van der Waals surface area (Å²) in [6, 6.07) is 0.237. The Hall–Kier alpha value is -0.610. The van der Waals surface area contributed by atoms with E-state index in [9.17, 15) is 4.79 Å². The van der Waals surface area contributed by atoms with E-state index in [1.54, 1.807) is 11.9 Å². The molecule has 0 bridgehead atoms. The van der Waals surface area contributed by atoms with Gasteiger partial charge < -0.3 is 9.74 Å². The molecule has 0 aliphatic carbocycles. The molecule has 0 radical (unpaired) electrons. The first-order valence-electron chi connectivity index (χ1n) is 4.19. The van der Waals surface area contributed by atoms with E-state index in [-0.39, 0.29) is 18.5 Å². The summed E-state index contributed by atoms with van der Waals surface area (Å²) in [5.74, 6) is 0.0402. The van der Waals surface area contributed by atoms with E-state index in [4.69, 9.17) is 4.84 Å². The van der Waals surface area contributed by atoms with Crippen molar-refractivity contribution in [2.24, 2.45) is 0 Å². The molecule has 0 atom stereocenters. The summed E-state index contributed by atoms with van der Waals surface area (Å²) in [6.45, 7) is 6.61. The third kappa shape index (κ3) is 4.31. The van der Waals surface area contributed by atoms with E-state index in [2.05, 4.69) is 5.48 Å². The molecule has 0 aromatic heterocycles. The molecule has 1 amide bonds. The molecule has 0 saturated carbocycles. The van der Waals surface area contributed by atoms with Crippen LogP contribution in [0.1, 0.15) is 20.8 Å². The monoisotopic (exact) mass is 174 g/mol. The van der Waals surface area contributed by atoms with Gasteiger partial charge in [-0.15, -0.1) is 0 Å². The van der Waals surface area contributed by atoms with Crippen LogP contribution in [0, 0.1) is 0 Å². The molecular formula is C8H18N2O2. The van der Waals surface area contributed by atoms with Gasteiger partial charge in [-0.25, -0.2) is 0 Å². The molecule has 0 aromatic carbocycles. The van der Waals surface area contributed by atoms with Crippen molar-refractivity contribution in [2.75, 3.05) is 20.2 Å². The van der Waals surface area contributed by atoms with Gasteiger partial charge in [0.1, 0.15) is 6.54 Å². The predicted octanol–water partition coefficient (Wildman–Crippen LogP) is 0.394. The molecule has 72 valence electrons. The van der Waals surface area contributed by atoms with Crippen molar-refractivity contribution >= 4 is 5.91 Å². The zero-order valence-corrected chi connectivity index (χ0v) is 8.26. The van der Waals surface area contributed by atoms with Crippen LogP contribution in [0.25, 0.3) is 0 Å². The molecule has 0 saturated heterocycles. The smallest absolute Gasteiger partial charge is 0.238 e. The van der Waals surface area contributed by atoms with Gasteiger partial charge in [-0.05, 0) is 20.8 Å². The van der Waals surface area contributed by atoms with Crippen LogP contribution in [-0.2, 0) is 9.63 Å². The van der Waals surface area contributed by atoms with Crippen LogP contribution in [0.3, 0.4) is 0 Å². The molecule has 0 aliphatic rings. The minimum atomic E-state index is 0.0402. The quantitative estimate of drug-likeness (QED) is 0.484. The number of nitrogens with one attached hydrogen (secondary N) is 1. The molecule has 0 aromatic rings. The molecule has 1 N–H and O–H groups in total. The van der Waals surface area contributed by atoms with Crippen molar-refractivity contribution in [1.29, 1.82) is 0 Å². The number of rotatable bonds is 5. The van der Waals surface area contributed by atoms with Gasteiger partial charge in [-0.3, -0.25) is 4.79 Å². The highest BCUT2D eigenvalue weighted by atomic mass is 16.6. The number of likely N-dealkylation sites (N-methyl/N-ethyl adjacent to an activating group) is 1. The zero-order valence-electron chi connectivity index (χ0n) is 8.26. The van der Waals surface area contributed by atoms with Gasteiger partial charge in [-0.1, -0.05) is 0 Å². The van der Waals surface area contributed by atoms with Gasteiger partial charge >= 0.3 is 0 Å². The van der Waals surface area contributed by atoms with E-state index in [1.165, 1.54) is 0 Å². The van der Waals surface area contributed by atoms with E-state index in [0.717, 1.165) is 0 Å². The van der Waals surface area contributed by atoms with Crippen LogP contribution in [0.4, 0.5) is 0 Å². The van der Waals surface area contributed by atoms with E-state index in [1.807, 2.05) is 20.8 Å². The fraction of sp³-hybridized carbons (Fsp3) is 0.875. The number of hydroxylamine groups is 1. The van der Waals surface area contributed by atoms with Gasteiger partial charge in [0.15, 0.2) is 0 Å². The molecule has 0 unspecified atom stereocenters. The first kappa shape index (κ1) is 11.4. The zero-order chi connectivity index (χ0) is 9.56. The maximum absolute atomic E-state index is 11.2. The molecule has 12 heavy (non-hydrogen) atoms. The largest absolute Gasteiger partial charge is 0.342 e. The maximum Gasteiger partial charge on any atom is 0.238 e. The van der Waals surface area contributed by atoms with Crippen molar-refractivity contribution in [2.45, 2.75) is 26.8 Å². The van der Waals surface area contributed by atoms with E-state index < -0.39 is 0 Å². The number of carbonyl (C=O) groups is 1. The number of nitrogens with zero attached hydrogens (tertiary/aromatic N) is 1. The second kappa shape index (κ2) is 5.97. The van der Waals surface area contributed by atoms with Crippen molar-refractivity contribution in [3.05, 3.63) is 0 Å². The summed E-state index contributed by atoms with van der Waals surface area (Å²) in [5, 5.41) is 0. The first-order valence-corrected chi connectivity index (χ1v) is 4.19. The summed E-state index contributed by atoms with van der Waals surface area (Å²) < 4.78 is 0. The molecule has 0 spiro atoms. The summed E-state index contributed by atoms with van der Waals surface area (Å²) >= 11 is 0. The van der Waals surface area contributed by atoms with Crippen molar-refractivity contribution in [3.63, 3.8) is 0 Å². The highest BCUT2D eigenvalue weighted by Crippen LogP contribution is 1.92. The SMILES string of the molecule is CCONCC(=O)N(C)C(C)C. The highest BCUT2D eigenvalue weighted by Gasteiger charge is 2.10. The van der Waals surface area contributed by atoms with E-state index >= 15 is 0 Å².